The molecule has 0 unspecified atom stereocenters. The molecule has 0 radical (unpaired) electrons. The fourth-order valence-corrected chi connectivity index (χ4v) is 6.82. The number of benzene rings is 1. The van der Waals surface area contributed by atoms with Crippen molar-refractivity contribution in [3.63, 3.8) is 0 Å². The SMILES string of the molecule is Cn1cc([C@H]2CN(S(=O)(=O)c3ccc(Br)s3)Cc3ccccc32)cn1. The smallest absolute Gasteiger partial charge is 0.252 e. The number of halogens is 1. The summed E-state index contributed by atoms with van der Waals surface area (Å²) in [7, 11) is -1.65. The maximum absolute atomic E-state index is 13.1. The topological polar surface area (TPSA) is 55.2 Å². The Bertz CT molecular complexity index is 1030. The fourth-order valence-electron chi connectivity index (χ4n) is 3.23. The van der Waals surface area contributed by atoms with Crippen LogP contribution in [0, 0.1) is 0 Å². The first-order chi connectivity index (χ1) is 11.9. The third kappa shape index (κ3) is 3.08. The molecular weight excluding hydrogens is 422 g/mol. The molecule has 1 aliphatic heterocycles. The van der Waals surface area contributed by atoms with Crippen LogP contribution < -0.4 is 0 Å². The third-order valence-corrected chi connectivity index (χ3v) is 8.34. The molecule has 1 aliphatic rings. The number of rotatable bonds is 3. The van der Waals surface area contributed by atoms with Crippen molar-refractivity contribution < 1.29 is 8.42 Å². The second-order valence-electron chi connectivity index (χ2n) is 6.05. The highest BCUT2D eigenvalue weighted by Gasteiger charge is 2.35. The van der Waals surface area contributed by atoms with Crippen LogP contribution in [0.2, 0.25) is 0 Å². The Morgan fingerprint density at radius 2 is 2.04 bits per heavy atom. The van der Waals surface area contributed by atoms with Crippen molar-refractivity contribution in [1.82, 2.24) is 14.1 Å². The molecule has 0 saturated heterocycles. The minimum Gasteiger partial charge on any atom is -0.276 e. The van der Waals surface area contributed by atoms with Crippen LogP contribution >= 0.6 is 27.3 Å². The van der Waals surface area contributed by atoms with Gasteiger partial charge in [0.1, 0.15) is 4.21 Å². The average molecular weight is 438 g/mol. The molecule has 0 bridgehead atoms. The van der Waals surface area contributed by atoms with Gasteiger partial charge in [-0.3, -0.25) is 4.68 Å². The first-order valence-corrected chi connectivity index (χ1v) is 10.8. The molecule has 0 saturated carbocycles. The molecule has 1 atom stereocenters. The maximum atomic E-state index is 13.1. The molecule has 0 aliphatic carbocycles. The van der Waals surface area contributed by atoms with E-state index >= 15 is 0 Å². The molecule has 130 valence electrons. The fraction of sp³-hybridized carbons (Fsp3) is 0.235. The van der Waals surface area contributed by atoms with Gasteiger partial charge in [0.2, 0.25) is 0 Å². The minimum atomic E-state index is -3.52. The summed E-state index contributed by atoms with van der Waals surface area (Å²) in [6, 6.07) is 11.5. The summed E-state index contributed by atoms with van der Waals surface area (Å²) in [6.45, 7) is 0.811. The zero-order valence-electron chi connectivity index (χ0n) is 13.5. The van der Waals surface area contributed by atoms with Gasteiger partial charge in [-0.15, -0.1) is 11.3 Å². The highest BCUT2D eigenvalue weighted by atomic mass is 79.9. The van der Waals surface area contributed by atoms with Gasteiger partial charge < -0.3 is 0 Å². The Balaban J connectivity index is 1.77. The van der Waals surface area contributed by atoms with Gasteiger partial charge in [-0.2, -0.15) is 9.40 Å². The number of aromatic nitrogens is 2. The van der Waals surface area contributed by atoms with Crippen LogP contribution in [-0.4, -0.2) is 29.0 Å². The van der Waals surface area contributed by atoms with E-state index in [1.807, 2.05) is 37.6 Å². The molecule has 1 aromatic carbocycles. The number of hydrogen-bond acceptors (Lipinski definition) is 4. The Morgan fingerprint density at radius 3 is 2.72 bits per heavy atom. The monoisotopic (exact) mass is 437 g/mol. The highest BCUT2D eigenvalue weighted by Crippen LogP contribution is 2.37. The lowest BCUT2D eigenvalue weighted by Gasteiger charge is -2.33. The molecule has 4 rings (SSSR count). The quantitative estimate of drug-likeness (QED) is 0.628. The summed E-state index contributed by atoms with van der Waals surface area (Å²) >= 11 is 4.59. The molecule has 3 aromatic rings. The standard InChI is InChI=1S/C17H16BrN3O2S2/c1-20-9-13(8-19-20)15-11-21(10-12-4-2-3-5-14(12)15)25(22,23)17-7-6-16(18)24-17/h2-9,15H,10-11H2,1H3/t15-/m1/s1. The van der Waals surface area contributed by atoms with Gasteiger partial charge >= 0.3 is 0 Å². The largest absolute Gasteiger partial charge is 0.276 e. The molecule has 0 amide bonds. The predicted octanol–water partition coefficient (Wildman–Crippen LogP) is 3.58. The van der Waals surface area contributed by atoms with Gasteiger partial charge in [0.15, 0.2) is 0 Å². The summed E-state index contributed by atoms with van der Waals surface area (Å²) < 4.78 is 30.7. The van der Waals surface area contributed by atoms with Crippen LogP contribution in [0.1, 0.15) is 22.6 Å². The number of fused-ring (bicyclic) bond motifs is 1. The van der Waals surface area contributed by atoms with Crippen LogP contribution in [0.5, 0.6) is 0 Å². The molecule has 25 heavy (non-hydrogen) atoms. The van der Waals surface area contributed by atoms with E-state index in [-0.39, 0.29) is 5.92 Å². The molecule has 2 aromatic heterocycles. The number of thiophene rings is 1. The number of hydrogen-bond donors (Lipinski definition) is 0. The van der Waals surface area contributed by atoms with E-state index in [0.29, 0.717) is 17.3 Å². The molecular formula is C17H16BrN3O2S2. The van der Waals surface area contributed by atoms with Gasteiger partial charge in [-0.1, -0.05) is 24.3 Å². The number of sulfonamides is 1. The van der Waals surface area contributed by atoms with Crippen molar-refractivity contribution in [1.29, 1.82) is 0 Å². The van der Waals surface area contributed by atoms with Crippen molar-refractivity contribution in [3.05, 3.63) is 69.3 Å². The first-order valence-electron chi connectivity index (χ1n) is 7.77. The summed E-state index contributed by atoms with van der Waals surface area (Å²) in [5, 5.41) is 4.26. The summed E-state index contributed by atoms with van der Waals surface area (Å²) in [4.78, 5) is 0. The van der Waals surface area contributed by atoms with Crippen molar-refractivity contribution >= 4 is 37.3 Å². The minimum absolute atomic E-state index is 0.0168. The van der Waals surface area contributed by atoms with E-state index in [4.69, 9.17) is 0 Å². The van der Waals surface area contributed by atoms with Gasteiger partial charge in [-0.05, 0) is 44.8 Å². The third-order valence-electron chi connectivity index (χ3n) is 4.43. The van der Waals surface area contributed by atoms with E-state index in [1.54, 1.807) is 21.1 Å². The summed E-state index contributed by atoms with van der Waals surface area (Å²) in [5.74, 6) is -0.0168. The zero-order valence-corrected chi connectivity index (χ0v) is 16.7. The van der Waals surface area contributed by atoms with Crippen LogP contribution in [0.25, 0.3) is 0 Å². The second kappa shape index (κ2) is 6.35. The van der Waals surface area contributed by atoms with Crippen LogP contribution in [0.4, 0.5) is 0 Å². The van der Waals surface area contributed by atoms with Gasteiger partial charge in [0.25, 0.3) is 10.0 Å². The Morgan fingerprint density at radius 1 is 1.24 bits per heavy atom. The Kier molecular flexibility index (Phi) is 4.31. The highest BCUT2D eigenvalue weighted by molar-refractivity contribution is 9.11. The lowest BCUT2D eigenvalue weighted by Crippen LogP contribution is -2.38. The van der Waals surface area contributed by atoms with Crippen molar-refractivity contribution in [2.24, 2.45) is 7.05 Å². The average Bonchev–Trinajstić information content (AvgIpc) is 3.22. The zero-order chi connectivity index (χ0) is 17.6. The van der Waals surface area contributed by atoms with Crippen molar-refractivity contribution in [3.8, 4) is 0 Å². The Hall–Kier alpha value is -1.48. The molecule has 5 nitrogen and oxygen atoms in total. The number of aryl methyl sites for hydroxylation is 1. The van der Waals surface area contributed by atoms with Crippen LogP contribution in [-0.2, 0) is 23.6 Å². The Labute approximate surface area is 159 Å². The predicted molar refractivity (Wildman–Crippen MR) is 101 cm³/mol. The van der Waals surface area contributed by atoms with Gasteiger partial charge in [-0.25, -0.2) is 8.42 Å². The van der Waals surface area contributed by atoms with E-state index in [0.717, 1.165) is 14.9 Å². The van der Waals surface area contributed by atoms with E-state index in [1.165, 1.54) is 16.9 Å². The lowest BCUT2D eigenvalue weighted by molar-refractivity contribution is 0.372. The lowest BCUT2D eigenvalue weighted by atomic mass is 9.87. The van der Waals surface area contributed by atoms with Crippen LogP contribution in [0.15, 0.2) is 56.8 Å². The van der Waals surface area contributed by atoms with Crippen molar-refractivity contribution in [2.75, 3.05) is 6.54 Å². The number of nitrogens with zero attached hydrogens (tertiary/aromatic N) is 3. The van der Waals surface area contributed by atoms with Gasteiger partial charge in [0, 0.05) is 32.3 Å². The molecule has 0 fully saturated rings. The van der Waals surface area contributed by atoms with Crippen molar-refractivity contribution in [2.45, 2.75) is 16.7 Å². The molecule has 8 heteroatoms. The molecule has 0 spiro atoms. The first kappa shape index (κ1) is 17.0. The second-order valence-corrected chi connectivity index (χ2v) is 10.7. The molecule has 0 N–H and O–H groups in total. The van der Waals surface area contributed by atoms with E-state index < -0.39 is 10.0 Å². The normalized spacial score (nSPS) is 18.2. The van der Waals surface area contributed by atoms with Gasteiger partial charge in [0.05, 0.1) is 9.98 Å². The maximum Gasteiger partial charge on any atom is 0.252 e. The molecule has 3 heterocycles. The van der Waals surface area contributed by atoms with E-state index in [2.05, 4.69) is 27.1 Å². The van der Waals surface area contributed by atoms with Crippen LogP contribution in [0.3, 0.4) is 0 Å². The summed E-state index contributed by atoms with van der Waals surface area (Å²) in [5.41, 5.74) is 3.25. The summed E-state index contributed by atoms with van der Waals surface area (Å²) in [6.07, 6.45) is 3.78. The van der Waals surface area contributed by atoms with E-state index in [9.17, 15) is 8.42 Å².